The van der Waals surface area contributed by atoms with Crippen molar-refractivity contribution in [3.63, 3.8) is 0 Å². The molecule has 0 radical (unpaired) electrons. The van der Waals surface area contributed by atoms with Crippen LogP contribution in [0.1, 0.15) is 24.1 Å². The fourth-order valence-corrected chi connectivity index (χ4v) is 4.31. The summed E-state index contributed by atoms with van der Waals surface area (Å²) >= 11 is 0. The summed E-state index contributed by atoms with van der Waals surface area (Å²) in [7, 11) is 0. The van der Waals surface area contributed by atoms with Crippen LogP contribution >= 0.6 is 0 Å². The molecule has 0 saturated carbocycles. The highest BCUT2D eigenvalue weighted by Gasteiger charge is 2.36. The summed E-state index contributed by atoms with van der Waals surface area (Å²) in [6, 6.07) is 17.6. The second kappa shape index (κ2) is 11.0. The monoisotopic (exact) mass is 476 g/mol. The van der Waals surface area contributed by atoms with E-state index < -0.39 is 18.0 Å². The minimum Gasteiger partial charge on any atom is -0.463 e. The Morgan fingerprint density at radius 1 is 0.971 bits per heavy atom. The fraction of sp³-hybridized carbons (Fsp3) is 0.308. The maximum atomic E-state index is 12.9. The number of esters is 1. The van der Waals surface area contributed by atoms with Crippen LogP contribution in [0, 0.1) is 0 Å². The normalized spacial score (nSPS) is 18.8. The second-order valence-electron chi connectivity index (χ2n) is 8.37. The SMILES string of the molecule is CCOC(=O)C1=C(CN2CC(=O)N(CCc3ccccc3)C(=O)C2)NC(=O)NC1c1ccccc1. The van der Waals surface area contributed by atoms with Crippen LogP contribution in [0.15, 0.2) is 71.9 Å². The van der Waals surface area contributed by atoms with Crippen LogP contribution < -0.4 is 10.6 Å². The summed E-state index contributed by atoms with van der Waals surface area (Å²) in [6.45, 7) is 2.23. The molecule has 9 heteroatoms. The number of nitrogens with zero attached hydrogens (tertiary/aromatic N) is 2. The van der Waals surface area contributed by atoms with Gasteiger partial charge >= 0.3 is 12.0 Å². The third kappa shape index (κ3) is 5.75. The number of hydrogen-bond acceptors (Lipinski definition) is 6. The van der Waals surface area contributed by atoms with Gasteiger partial charge in [-0.05, 0) is 24.5 Å². The minimum absolute atomic E-state index is 0.000558. The first-order valence-corrected chi connectivity index (χ1v) is 11.6. The Morgan fingerprint density at radius 3 is 2.23 bits per heavy atom. The molecule has 2 aliphatic heterocycles. The van der Waals surface area contributed by atoms with Gasteiger partial charge in [-0.3, -0.25) is 19.4 Å². The zero-order valence-electron chi connectivity index (χ0n) is 19.5. The quantitative estimate of drug-likeness (QED) is 0.444. The van der Waals surface area contributed by atoms with E-state index in [2.05, 4.69) is 10.6 Å². The number of nitrogens with one attached hydrogen (secondary N) is 2. The first-order valence-electron chi connectivity index (χ1n) is 11.6. The molecule has 9 nitrogen and oxygen atoms in total. The number of hydrogen-bond donors (Lipinski definition) is 2. The van der Waals surface area contributed by atoms with Gasteiger partial charge in [0.05, 0.1) is 31.3 Å². The Kier molecular flexibility index (Phi) is 7.57. The fourth-order valence-electron chi connectivity index (χ4n) is 4.31. The highest BCUT2D eigenvalue weighted by Crippen LogP contribution is 2.28. The first kappa shape index (κ1) is 24.2. The summed E-state index contributed by atoms with van der Waals surface area (Å²) < 4.78 is 5.27. The maximum Gasteiger partial charge on any atom is 0.338 e. The van der Waals surface area contributed by atoms with Crippen molar-refractivity contribution in [3.8, 4) is 0 Å². The molecule has 1 atom stereocenters. The van der Waals surface area contributed by atoms with Gasteiger partial charge in [0.25, 0.3) is 0 Å². The van der Waals surface area contributed by atoms with E-state index in [1.54, 1.807) is 11.8 Å². The second-order valence-corrected chi connectivity index (χ2v) is 8.37. The number of amides is 4. The Morgan fingerprint density at radius 2 is 1.60 bits per heavy atom. The molecule has 1 fully saturated rings. The maximum absolute atomic E-state index is 12.9. The van der Waals surface area contributed by atoms with Crippen LogP contribution in [0.25, 0.3) is 0 Å². The molecule has 2 aromatic rings. The predicted octanol–water partition coefficient (Wildman–Crippen LogP) is 1.77. The highest BCUT2D eigenvalue weighted by molar-refractivity contribution is 5.99. The molecule has 0 bridgehead atoms. The molecule has 2 aromatic carbocycles. The Labute approximate surface area is 203 Å². The number of imide groups is 1. The molecule has 2 aliphatic rings. The average molecular weight is 477 g/mol. The molecule has 0 aliphatic carbocycles. The molecule has 2 N–H and O–H groups in total. The van der Waals surface area contributed by atoms with Gasteiger partial charge in [0.1, 0.15) is 0 Å². The Bertz CT molecular complexity index is 1110. The van der Waals surface area contributed by atoms with Gasteiger partial charge in [-0.25, -0.2) is 9.59 Å². The van der Waals surface area contributed by atoms with Gasteiger partial charge < -0.3 is 15.4 Å². The van der Waals surface area contributed by atoms with Crippen molar-refractivity contribution in [1.29, 1.82) is 0 Å². The first-order chi connectivity index (χ1) is 17.0. The van der Waals surface area contributed by atoms with E-state index in [9.17, 15) is 19.2 Å². The van der Waals surface area contributed by atoms with E-state index >= 15 is 0 Å². The van der Waals surface area contributed by atoms with Gasteiger partial charge in [0.2, 0.25) is 11.8 Å². The van der Waals surface area contributed by atoms with Gasteiger partial charge in [0.15, 0.2) is 0 Å². The van der Waals surface area contributed by atoms with Crippen LogP contribution in [0.5, 0.6) is 0 Å². The van der Waals surface area contributed by atoms with E-state index in [0.29, 0.717) is 18.7 Å². The number of rotatable bonds is 8. The van der Waals surface area contributed by atoms with E-state index in [-0.39, 0.29) is 43.6 Å². The lowest BCUT2D eigenvalue weighted by atomic mass is 9.95. The highest BCUT2D eigenvalue weighted by atomic mass is 16.5. The van der Waals surface area contributed by atoms with Crippen LogP contribution in [-0.4, -0.2) is 66.4 Å². The van der Waals surface area contributed by atoms with Crippen LogP contribution in [-0.2, 0) is 25.5 Å². The van der Waals surface area contributed by atoms with E-state index in [1.807, 2.05) is 60.7 Å². The lowest BCUT2D eigenvalue weighted by molar-refractivity contribution is -0.151. The van der Waals surface area contributed by atoms with Gasteiger partial charge in [-0.1, -0.05) is 60.7 Å². The lowest BCUT2D eigenvalue weighted by Gasteiger charge is -2.35. The topological polar surface area (TPSA) is 108 Å². The molecule has 4 rings (SSSR count). The van der Waals surface area contributed by atoms with Gasteiger partial charge in [-0.15, -0.1) is 0 Å². The van der Waals surface area contributed by atoms with Crippen molar-refractivity contribution < 1.29 is 23.9 Å². The molecule has 182 valence electrons. The van der Waals surface area contributed by atoms with E-state index in [1.165, 1.54) is 4.90 Å². The smallest absolute Gasteiger partial charge is 0.338 e. The molecule has 0 spiro atoms. The van der Waals surface area contributed by atoms with Crippen LogP contribution in [0.4, 0.5) is 4.79 Å². The number of ether oxygens (including phenoxy) is 1. The minimum atomic E-state index is -0.711. The summed E-state index contributed by atoms with van der Waals surface area (Å²) in [5.41, 5.74) is 2.34. The van der Waals surface area contributed by atoms with E-state index in [0.717, 1.165) is 11.1 Å². The Hall–Kier alpha value is -3.98. The Balaban J connectivity index is 1.52. The predicted molar refractivity (Wildman–Crippen MR) is 128 cm³/mol. The molecule has 4 amide bonds. The third-order valence-electron chi connectivity index (χ3n) is 5.95. The van der Waals surface area contributed by atoms with Crippen molar-refractivity contribution >= 4 is 23.8 Å². The average Bonchev–Trinajstić information content (AvgIpc) is 2.84. The molecule has 0 aromatic heterocycles. The number of carbonyl (C=O) groups is 4. The van der Waals surface area contributed by atoms with E-state index in [4.69, 9.17) is 4.74 Å². The summed E-state index contributed by atoms with van der Waals surface area (Å²) in [6.07, 6.45) is 0.580. The molecular weight excluding hydrogens is 448 g/mol. The molecular formula is C26H28N4O5. The third-order valence-corrected chi connectivity index (χ3v) is 5.95. The van der Waals surface area contributed by atoms with Crippen molar-refractivity contribution in [3.05, 3.63) is 83.1 Å². The van der Waals surface area contributed by atoms with Gasteiger partial charge in [-0.2, -0.15) is 0 Å². The van der Waals surface area contributed by atoms with Crippen molar-refractivity contribution in [1.82, 2.24) is 20.4 Å². The molecule has 35 heavy (non-hydrogen) atoms. The van der Waals surface area contributed by atoms with Crippen molar-refractivity contribution in [2.45, 2.75) is 19.4 Å². The lowest BCUT2D eigenvalue weighted by Crippen LogP contribution is -2.56. The zero-order chi connectivity index (χ0) is 24.8. The van der Waals surface area contributed by atoms with Crippen LogP contribution in [0.3, 0.4) is 0 Å². The van der Waals surface area contributed by atoms with Gasteiger partial charge in [0, 0.05) is 18.8 Å². The number of carbonyl (C=O) groups excluding carboxylic acids is 4. The van der Waals surface area contributed by atoms with Crippen molar-refractivity contribution in [2.75, 3.05) is 32.8 Å². The molecule has 1 unspecified atom stereocenters. The largest absolute Gasteiger partial charge is 0.463 e. The number of urea groups is 1. The summed E-state index contributed by atoms with van der Waals surface area (Å²) in [5, 5.41) is 5.47. The summed E-state index contributed by atoms with van der Waals surface area (Å²) in [5.74, 6) is -1.19. The number of benzene rings is 2. The van der Waals surface area contributed by atoms with Crippen LogP contribution in [0.2, 0.25) is 0 Å². The molecule has 2 heterocycles. The summed E-state index contributed by atoms with van der Waals surface area (Å²) in [4.78, 5) is 53.9. The van der Waals surface area contributed by atoms with Crippen molar-refractivity contribution in [2.24, 2.45) is 0 Å². The standard InChI is InChI=1S/C26H28N4O5/c1-2-35-25(33)23-20(27-26(34)28-24(23)19-11-7-4-8-12-19)15-29-16-21(31)30(22(32)17-29)14-13-18-9-5-3-6-10-18/h3-12,24H,2,13-17H2,1H3,(H2,27,28,34). The zero-order valence-corrected chi connectivity index (χ0v) is 19.5. The number of piperazine rings is 1. The molecule has 1 saturated heterocycles.